The van der Waals surface area contributed by atoms with E-state index in [1.54, 1.807) is 18.4 Å². The van der Waals surface area contributed by atoms with Crippen molar-refractivity contribution in [2.24, 2.45) is 5.41 Å². The molecule has 1 saturated carbocycles. The van der Waals surface area contributed by atoms with Gasteiger partial charge in [-0.15, -0.1) is 11.3 Å². The highest BCUT2D eigenvalue weighted by Crippen LogP contribution is 2.43. The van der Waals surface area contributed by atoms with Crippen LogP contribution in [0.3, 0.4) is 0 Å². The Balaban J connectivity index is 1.71. The number of fused-ring (bicyclic) bond motifs is 1. The number of rotatable bonds is 4. The van der Waals surface area contributed by atoms with Gasteiger partial charge in [-0.05, 0) is 12.5 Å². The number of ether oxygens (including phenoxy) is 1. The maximum Gasteiger partial charge on any atom is 0.0652 e. The molecule has 0 amide bonds. The quantitative estimate of drug-likeness (QED) is 0.900. The summed E-state index contributed by atoms with van der Waals surface area (Å²) >= 11 is 8.26. The van der Waals surface area contributed by atoms with E-state index in [1.165, 1.54) is 15.0 Å². The zero-order valence-electron chi connectivity index (χ0n) is 12.1. The molecule has 2 unspecified atom stereocenters. The summed E-state index contributed by atoms with van der Waals surface area (Å²) in [4.78, 5) is 1.23. The van der Waals surface area contributed by atoms with Crippen molar-refractivity contribution in [2.45, 2.75) is 39.0 Å². The molecule has 4 heteroatoms. The molecule has 2 aromatic rings. The van der Waals surface area contributed by atoms with Crippen molar-refractivity contribution < 1.29 is 4.74 Å². The lowest BCUT2D eigenvalue weighted by atomic mass is 9.64. The van der Waals surface area contributed by atoms with Gasteiger partial charge in [0.25, 0.3) is 0 Å². The number of hydrogen-bond donors (Lipinski definition) is 1. The van der Waals surface area contributed by atoms with Crippen LogP contribution in [0.2, 0.25) is 5.02 Å². The lowest BCUT2D eigenvalue weighted by Crippen LogP contribution is -2.60. The first kappa shape index (κ1) is 14.3. The maximum atomic E-state index is 6.47. The van der Waals surface area contributed by atoms with Gasteiger partial charge < -0.3 is 10.1 Å². The molecule has 0 bridgehead atoms. The van der Waals surface area contributed by atoms with E-state index in [-0.39, 0.29) is 5.41 Å². The zero-order valence-corrected chi connectivity index (χ0v) is 13.6. The van der Waals surface area contributed by atoms with Crippen molar-refractivity contribution in [1.82, 2.24) is 5.32 Å². The molecule has 0 radical (unpaired) electrons. The molecule has 1 heterocycles. The lowest BCUT2D eigenvalue weighted by Gasteiger charge is -2.51. The molecule has 2 atom stereocenters. The van der Waals surface area contributed by atoms with Crippen LogP contribution in [0, 0.1) is 5.41 Å². The summed E-state index contributed by atoms with van der Waals surface area (Å²) in [7, 11) is 1.80. The molecule has 1 aromatic carbocycles. The van der Waals surface area contributed by atoms with E-state index in [2.05, 4.69) is 37.4 Å². The van der Waals surface area contributed by atoms with Crippen molar-refractivity contribution in [1.29, 1.82) is 0 Å². The fourth-order valence-corrected chi connectivity index (χ4v) is 4.48. The van der Waals surface area contributed by atoms with Crippen LogP contribution in [-0.2, 0) is 11.3 Å². The predicted octanol–water partition coefficient (Wildman–Crippen LogP) is 4.46. The summed E-state index contributed by atoms with van der Waals surface area (Å²) in [5, 5.41) is 5.70. The Kier molecular flexibility index (Phi) is 3.80. The number of halogens is 1. The van der Waals surface area contributed by atoms with Crippen molar-refractivity contribution in [2.75, 3.05) is 7.11 Å². The van der Waals surface area contributed by atoms with Gasteiger partial charge >= 0.3 is 0 Å². The summed E-state index contributed by atoms with van der Waals surface area (Å²) in [6.07, 6.45) is 1.43. The van der Waals surface area contributed by atoms with Crippen LogP contribution in [0.15, 0.2) is 24.3 Å². The summed E-state index contributed by atoms with van der Waals surface area (Å²) in [5.74, 6) is 0. The Morgan fingerprint density at radius 2 is 2.15 bits per heavy atom. The monoisotopic (exact) mass is 309 g/mol. The van der Waals surface area contributed by atoms with Crippen LogP contribution >= 0.6 is 22.9 Å². The highest BCUT2D eigenvalue weighted by molar-refractivity contribution is 7.19. The minimum atomic E-state index is 0.192. The van der Waals surface area contributed by atoms with Gasteiger partial charge in [-0.1, -0.05) is 43.6 Å². The molecular weight excluding hydrogens is 290 g/mol. The summed E-state index contributed by atoms with van der Waals surface area (Å²) in [6, 6.07) is 8.81. The van der Waals surface area contributed by atoms with Gasteiger partial charge in [0.1, 0.15) is 0 Å². The van der Waals surface area contributed by atoms with Crippen LogP contribution in [-0.4, -0.2) is 19.3 Å². The summed E-state index contributed by atoms with van der Waals surface area (Å²) in [5.41, 5.74) is 0.192. The summed E-state index contributed by atoms with van der Waals surface area (Å²) in [6.45, 7) is 5.35. The smallest absolute Gasteiger partial charge is 0.0652 e. The first-order valence-electron chi connectivity index (χ1n) is 6.96. The fourth-order valence-electron chi connectivity index (χ4n) is 3.03. The SMILES string of the molecule is COC1CC(NCc2sc3ccccc3c2Cl)C1(C)C. The van der Waals surface area contributed by atoms with Gasteiger partial charge in [0.2, 0.25) is 0 Å². The molecule has 1 aromatic heterocycles. The number of hydrogen-bond acceptors (Lipinski definition) is 3. The third-order valence-corrected chi connectivity index (χ3v) is 6.29. The van der Waals surface area contributed by atoms with Gasteiger partial charge in [-0.25, -0.2) is 0 Å². The van der Waals surface area contributed by atoms with Crippen molar-refractivity contribution >= 4 is 33.0 Å². The normalized spacial score (nSPS) is 24.8. The van der Waals surface area contributed by atoms with E-state index >= 15 is 0 Å². The summed E-state index contributed by atoms with van der Waals surface area (Å²) < 4.78 is 6.75. The van der Waals surface area contributed by atoms with Gasteiger partial charge in [0.15, 0.2) is 0 Å². The van der Waals surface area contributed by atoms with E-state index in [4.69, 9.17) is 16.3 Å². The predicted molar refractivity (Wildman–Crippen MR) is 86.7 cm³/mol. The Bertz CT molecular complexity index is 622. The van der Waals surface area contributed by atoms with E-state index in [9.17, 15) is 0 Å². The van der Waals surface area contributed by atoms with Gasteiger partial charge in [-0.2, -0.15) is 0 Å². The second kappa shape index (κ2) is 5.30. The van der Waals surface area contributed by atoms with Gasteiger partial charge in [0, 0.05) is 40.1 Å². The topological polar surface area (TPSA) is 21.3 Å². The number of nitrogens with one attached hydrogen (secondary N) is 1. The Labute approximate surface area is 129 Å². The average molecular weight is 310 g/mol. The molecule has 1 N–H and O–H groups in total. The molecule has 108 valence electrons. The molecule has 3 rings (SSSR count). The van der Waals surface area contributed by atoms with Gasteiger partial charge in [0.05, 0.1) is 11.1 Å². The first-order valence-corrected chi connectivity index (χ1v) is 8.15. The fraction of sp³-hybridized carbons (Fsp3) is 0.500. The average Bonchev–Trinajstić information content (AvgIpc) is 2.75. The number of benzene rings is 1. The van der Waals surface area contributed by atoms with Crippen molar-refractivity contribution in [3.8, 4) is 0 Å². The van der Waals surface area contributed by atoms with Crippen molar-refractivity contribution in [3.05, 3.63) is 34.2 Å². The molecule has 20 heavy (non-hydrogen) atoms. The van der Waals surface area contributed by atoms with Crippen molar-refractivity contribution in [3.63, 3.8) is 0 Å². The molecule has 0 spiro atoms. The van der Waals surface area contributed by atoms with E-state index in [0.29, 0.717) is 12.1 Å². The third kappa shape index (κ3) is 2.27. The molecular formula is C16H20ClNOS. The Morgan fingerprint density at radius 3 is 2.80 bits per heavy atom. The van der Waals surface area contributed by atoms with Crippen LogP contribution < -0.4 is 5.32 Å². The molecule has 0 aliphatic heterocycles. The largest absolute Gasteiger partial charge is 0.381 e. The minimum Gasteiger partial charge on any atom is -0.381 e. The minimum absolute atomic E-state index is 0.192. The van der Waals surface area contributed by atoms with E-state index in [0.717, 1.165) is 18.0 Å². The standard InChI is InChI=1S/C16H20ClNOS/c1-16(2)13(8-14(16)19-3)18-9-12-15(17)10-6-4-5-7-11(10)20-12/h4-7,13-14,18H,8-9H2,1-3H3. The maximum absolute atomic E-state index is 6.47. The highest BCUT2D eigenvalue weighted by Gasteiger charge is 2.48. The third-order valence-electron chi connectivity index (χ3n) is 4.57. The molecule has 1 aliphatic carbocycles. The number of thiophene rings is 1. The van der Waals surface area contributed by atoms with Crippen LogP contribution in [0.25, 0.3) is 10.1 Å². The first-order chi connectivity index (χ1) is 9.54. The highest BCUT2D eigenvalue weighted by atomic mass is 35.5. The number of methoxy groups -OCH3 is 1. The molecule has 1 aliphatic rings. The van der Waals surface area contributed by atoms with E-state index in [1.807, 2.05) is 6.07 Å². The van der Waals surface area contributed by atoms with E-state index < -0.39 is 0 Å². The lowest BCUT2D eigenvalue weighted by molar-refractivity contribution is -0.0978. The zero-order chi connectivity index (χ0) is 14.3. The molecule has 0 saturated heterocycles. The molecule has 1 fully saturated rings. The Hall–Kier alpha value is -0.610. The second-order valence-electron chi connectivity index (χ2n) is 6.05. The molecule has 2 nitrogen and oxygen atoms in total. The van der Waals surface area contributed by atoms with Crippen LogP contribution in [0.5, 0.6) is 0 Å². The van der Waals surface area contributed by atoms with Gasteiger partial charge in [-0.3, -0.25) is 0 Å². The Morgan fingerprint density at radius 1 is 1.40 bits per heavy atom. The van der Waals surface area contributed by atoms with Crippen LogP contribution in [0.4, 0.5) is 0 Å². The second-order valence-corrected chi connectivity index (χ2v) is 7.56. The van der Waals surface area contributed by atoms with Crippen LogP contribution in [0.1, 0.15) is 25.1 Å².